The van der Waals surface area contributed by atoms with E-state index < -0.39 is 0 Å². The van der Waals surface area contributed by atoms with Gasteiger partial charge in [0.25, 0.3) is 5.91 Å². The lowest BCUT2D eigenvalue weighted by Gasteiger charge is -2.36. The predicted molar refractivity (Wildman–Crippen MR) is 134 cm³/mol. The monoisotopic (exact) mass is 477 g/mol. The number of nitrogens with one attached hydrogen (secondary N) is 1. The van der Waals surface area contributed by atoms with E-state index in [-0.39, 0.29) is 5.91 Å². The molecule has 3 aromatic heterocycles. The molecule has 1 atom stereocenters. The molecule has 1 N–H and O–H groups in total. The quantitative estimate of drug-likeness (QED) is 0.574. The summed E-state index contributed by atoms with van der Waals surface area (Å²) < 4.78 is 7.27. The number of allylic oxidation sites excluding steroid dienone is 1. The number of aromatic nitrogens is 3. The van der Waals surface area contributed by atoms with Gasteiger partial charge in [-0.3, -0.25) is 14.7 Å². The van der Waals surface area contributed by atoms with Crippen molar-refractivity contribution in [1.29, 1.82) is 0 Å². The minimum absolute atomic E-state index is 0.188. The summed E-state index contributed by atoms with van der Waals surface area (Å²) in [5.41, 5.74) is 4.62. The Labute approximate surface area is 204 Å². The van der Waals surface area contributed by atoms with E-state index in [0.717, 1.165) is 56.8 Å². The zero-order valence-electron chi connectivity index (χ0n) is 19.2. The highest BCUT2D eigenvalue weighted by molar-refractivity contribution is 6.30. The molecule has 1 fully saturated rings. The van der Waals surface area contributed by atoms with Crippen molar-refractivity contribution in [3.05, 3.63) is 77.0 Å². The maximum absolute atomic E-state index is 12.8. The lowest BCUT2D eigenvalue weighted by Crippen LogP contribution is -2.43. The van der Waals surface area contributed by atoms with E-state index in [9.17, 15) is 4.79 Å². The number of ether oxygens (including phenoxy) is 1. The van der Waals surface area contributed by atoms with Crippen molar-refractivity contribution >= 4 is 28.8 Å². The zero-order chi connectivity index (χ0) is 23.5. The van der Waals surface area contributed by atoms with Gasteiger partial charge < -0.3 is 14.6 Å². The first kappa shape index (κ1) is 22.8. The van der Waals surface area contributed by atoms with Crippen LogP contribution >= 0.6 is 11.6 Å². The number of anilines is 1. The maximum atomic E-state index is 12.8. The van der Waals surface area contributed by atoms with E-state index in [2.05, 4.69) is 28.2 Å². The molecule has 0 saturated carbocycles. The topological polar surface area (TPSA) is 72.3 Å². The van der Waals surface area contributed by atoms with Crippen LogP contribution in [0, 0.1) is 6.92 Å². The Bertz CT molecular complexity index is 1200. The SMILES string of the molecule is Cc1cc(NC(=O)c2ccn(-c3ccc(Cl)cn3)c2)cnc1C1=CCC(N2CCOCC2)CC1. The van der Waals surface area contributed by atoms with Crippen molar-refractivity contribution in [1.82, 2.24) is 19.4 Å². The molecule has 0 spiro atoms. The van der Waals surface area contributed by atoms with Crippen molar-refractivity contribution in [2.45, 2.75) is 32.2 Å². The molecule has 1 aliphatic heterocycles. The normalized spacial score (nSPS) is 19.0. The molecule has 1 unspecified atom stereocenters. The number of carbonyl (C=O) groups is 1. The number of pyridine rings is 2. The summed E-state index contributed by atoms with van der Waals surface area (Å²) in [7, 11) is 0. The van der Waals surface area contributed by atoms with Crippen LogP contribution in [0.5, 0.6) is 0 Å². The van der Waals surface area contributed by atoms with Gasteiger partial charge >= 0.3 is 0 Å². The molecule has 176 valence electrons. The van der Waals surface area contributed by atoms with Gasteiger partial charge in [-0.15, -0.1) is 0 Å². The van der Waals surface area contributed by atoms with Crippen LogP contribution in [-0.4, -0.2) is 57.7 Å². The molecule has 4 heterocycles. The highest BCUT2D eigenvalue weighted by Gasteiger charge is 2.24. The van der Waals surface area contributed by atoms with Gasteiger partial charge in [0.1, 0.15) is 5.82 Å². The summed E-state index contributed by atoms with van der Waals surface area (Å²) in [4.78, 5) is 24.3. The van der Waals surface area contributed by atoms with Crippen molar-refractivity contribution in [2.24, 2.45) is 0 Å². The van der Waals surface area contributed by atoms with Crippen LogP contribution in [-0.2, 0) is 4.74 Å². The molecule has 5 rings (SSSR count). The number of hydrogen-bond acceptors (Lipinski definition) is 5. The standard InChI is InChI=1S/C26H28ClN5O2/c1-18-14-22(30-26(33)20-8-9-32(17-20)24-7-4-21(27)15-28-24)16-29-25(18)19-2-5-23(6-3-19)31-10-12-34-13-11-31/h2,4,7-9,14-17,23H,3,5-6,10-13H2,1H3,(H,30,33). The van der Waals surface area contributed by atoms with E-state index >= 15 is 0 Å². The Kier molecular flexibility index (Phi) is 6.76. The van der Waals surface area contributed by atoms with Gasteiger partial charge in [-0.2, -0.15) is 0 Å². The molecule has 34 heavy (non-hydrogen) atoms. The average molecular weight is 478 g/mol. The molecule has 3 aromatic rings. The molecular formula is C26H28ClN5O2. The molecule has 2 aliphatic rings. The molecule has 0 radical (unpaired) electrons. The number of aryl methyl sites for hydroxylation is 1. The smallest absolute Gasteiger partial charge is 0.257 e. The second kappa shape index (κ2) is 10.1. The number of rotatable bonds is 5. The molecule has 8 heteroatoms. The fraction of sp³-hybridized carbons (Fsp3) is 0.346. The van der Waals surface area contributed by atoms with Crippen molar-refractivity contribution in [3.63, 3.8) is 0 Å². The molecule has 1 amide bonds. The van der Waals surface area contributed by atoms with Gasteiger partial charge in [0.2, 0.25) is 0 Å². The van der Waals surface area contributed by atoms with Crippen LogP contribution in [0.1, 0.15) is 40.9 Å². The van der Waals surface area contributed by atoms with Gasteiger partial charge in [0, 0.05) is 37.7 Å². The predicted octanol–water partition coefficient (Wildman–Crippen LogP) is 4.75. The Morgan fingerprint density at radius 1 is 1.18 bits per heavy atom. The molecule has 1 saturated heterocycles. The lowest BCUT2D eigenvalue weighted by molar-refractivity contribution is 0.0150. The van der Waals surface area contributed by atoms with Gasteiger partial charge in [-0.25, -0.2) is 4.98 Å². The second-order valence-electron chi connectivity index (χ2n) is 8.79. The Morgan fingerprint density at radius 3 is 2.74 bits per heavy atom. The summed E-state index contributed by atoms with van der Waals surface area (Å²) in [5.74, 6) is 0.508. The van der Waals surface area contributed by atoms with Gasteiger partial charge in [0.05, 0.1) is 41.4 Å². The number of halogens is 1. The summed E-state index contributed by atoms with van der Waals surface area (Å²) in [6.07, 6.45) is 12.4. The Morgan fingerprint density at radius 2 is 2.03 bits per heavy atom. The largest absolute Gasteiger partial charge is 0.379 e. The van der Waals surface area contributed by atoms with E-state index in [1.807, 2.05) is 6.07 Å². The Balaban J connectivity index is 1.23. The van der Waals surface area contributed by atoms with Crippen LogP contribution in [0.4, 0.5) is 5.69 Å². The van der Waals surface area contributed by atoms with Crippen LogP contribution < -0.4 is 5.32 Å². The van der Waals surface area contributed by atoms with Crippen molar-refractivity contribution < 1.29 is 9.53 Å². The summed E-state index contributed by atoms with van der Waals surface area (Å²) in [6, 6.07) is 7.93. The number of amides is 1. The average Bonchev–Trinajstić information content (AvgIpc) is 3.36. The van der Waals surface area contributed by atoms with Gasteiger partial charge in [-0.1, -0.05) is 17.7 Å². The zero-order valence-corrected chi connectivity index (χ0v) is 20.0. The van der Waals surface area contributed by atoms with E-state index in [4.69, 9.17) is 21.3 Å². The molecule has 0 aromatic carbocycles. The molecule has 7 nitrogen and oxygen atoms in total. The molecule has 0 bridgehead atoms. The second-order valence-corrected chi connectivity index (χ2v) is 9.23. The van der Waals surface area contributed by atoms with Crippen LogP contribution in [0.3, 0.4) is 0 Å². The van der Waals surface area contributed by atoms with E-state index in [0.29, 0.717) is 28.1 Å². The summed E-state index contributed by atoms with van der Waals surface area (Å²) >= 11 is 5.91. The molecule has 1 aliphatic carbocycles. The first-order valence-corrected chi connectivity index (χ1v) is 12.0. The summed E-state index contributed by atoms with van der Waals surface area (Å²) in [6.45, 7) is 5.78. The van der Waals surface area contributed by atoms with Crippen LogP contribution in [0.25, 0.3) is 11.4 Å². The van der Waals surface area contributed by atoms with E-state index in [1.54, 1.807) is 47.6 Å². The van der Waals surface area contributed by atoms with E-state index in [1.165, 1.54) is 5.57 Å². The minimum Gasteiger partial charge on any atom is -0.379 e. The van der Waals surface area contributed by atoms with Gasteiger partial charge in [-0.05, 0) is 61.6 Å². The summed E-state index contributed by atoms with van der Waals surface area (Å²) in [5, 5.41) is 3.53. The van der Waals surface area contributed by atoms with Crippen LogP contribution in [0.2, 0.25) is 5.02 Å². The molecular weight excluding hydrogens is 450 g/mol. The van der Waals surface area contributed by atoms with Gasteiger partial charge in [0.15, 0.2) is 0 Å². The maximum Gasteiger partial charge on any atom is 0.257 e. The Hall–Kier alpha value is -3.00. The number of carbonyl (C=O) groups excluding carboxylic acids is 1. The lowest BCUT2D eigenvalue weighted by atomic mass is 9.90. The first-order chi connectivity index (χ1) is 16.6. The number of nitrogens with zero attached hydrogens (tertiary/aromatic N) is 4. The third kappa shape index (κ3) is 5.06. The highest BCUT2D eigenvalue weighted by atomic mass is 35.5. The first-order valence-electron chi connectivity index (χ1n) is 11.7. The fourth-order valence-corrected chi connectivity index (χ4v) is 4.80. The van der Waals surface area contributed by atoms with Crippen molar-refractivity contribution in [2.75, 3.05) is 31.6 Å². The fourth-order valence-electron chi connectivity index (χ4n) is 4.69. The van der Waals surface area contributed by atoms with Crippen LogP contribution in [0.15, 0.2) is 55.1 Å². The number of morpholine rings is 1. The third-order valence-corrected chi connectivity index (χ3v) is 6.74. The third-order valence-electron chi connectivity index (χ3n) is 6.52. The minimum atomic E-state index is -0.188. The van der Waals surface area contributed by atoms with Crippen molar-refractivity contribution in [3.8, 4) is 5.82 Å². The number of hydrogen-bond donors (Lipinski definition) is 1. The highest BCUT2D eigenvalue weighted by Crippen LogP contribution is 2.31.